The highest BCUT2D eigenvalue weighted by Gasteiger charge is 2.16. The van der Waals surface area contributed by atoms with Crippen molar-refractivity contribution in [2.45, 2.75) is 26.3 Å². The van der Waals surface area contributed by atoms with Crippen LogP contribution in [0.15, 0.2) is 28.7 Å². The molecule has 0 aromatic heterocycles. The van der Waals surface area contributed by atoms with Crippen LogP contribution in [-0.2, 0) is 11.3 Å². The first-order chi connectivity index (χ1) is 8.54. The first-order valence-electron chi connectivity index (χ1n) is 6.24. The number of carbonyl (C=O) groups is 1. The maximum absolute atomic E-state index is 12.1. The Morgan fingerprint density at radius 1 is 1.39 bits per heavy atom. The van der Waals surface area contributed by atoms with Gasteiger partial charge in [-0.25, -0.2) is 0 Å². The SMILES string of the molecule is CC(CCCN)C(=O)N(C)Cc1ccc(Br)cc1. The van der Waals surface area contributed by atoms with E-state index in [1.54, 1.807) is 4.90 Å². The Kier molecular flexibility index (Phi) is 6.36. The van der Waals surface area contributed by atoms with Crippen molar-refractivity contribution in [3.63, 3.8) is 0 Å². The summed E-state index contributed by atoms with van der Waals surface area (Å²) in [4.78, 5) is 13.9. The number of nitrogens with two attached hydrogens (primary N) is 1. The van der Waals surface area contributed by atoms with Crippen LogP contribution in [0, 0.1) is 5.92 Å². The first kappa shape index (κ1) is 15.2. The minimum absolute atomic E-state index is 0.0500. The van der Waals surface area contributed by atoms with E-state index in [0.29, 0.717) is 13.1 Å². The van der Waals surface area contributed by atoms with Crippen LogP contribution in [-0.4, -0.2) is 24.4 Å². The molecule has 0 fully saturated rings. The zero-order chi connectivity index (χ0) is 13.5. The minimum atomic E-state index is 0.0500. The standard InChI is InChI=1S/C14H21BrN2O/c1-11(4-3-9-16)14(18)17(2)10-12-5-7-13(15)8-6-12/h5-8,11H,3-4,9-10,16H2,1-2H3. The summed E-state index contributed by atoms with van der Waals surface area (Å²) < 4.78 is 1.05. The monoisotopic (exact) mass is 312 g/mol. The van der Waals surface area contributed by atoms with Gasteiger partial charge in [0.25, 0.3) is 0 Å². The van der Waals surface area contributed by atoms with Crippen molar-refractivity contribution in [3.8, 4) is 0 Å². The molecule has 0 radical (unpaired) electrons. The zero-order valence-corrected chi connectivity index (χ0v) is 12.6. The third-order valence-corrected chi connectivity index (χ3v) is 3.50. The number of nitrogens with zero attached hydrogens (tertiary/aromatic N) is 1. The van der Waals surface area contributed by atoms with Gasteiger partial charge >= 0.3 is 0 Å². The van der Waals surface area contributed by atoms with Crippen LogP contribution >= 0.6 is 15.9 Å². The number of halogens is 1. The van der Waals surface area contributed by atoms with Crippen molar-refractivity contribution >= 4 is 21.8 Å². The lowest BCUT2D eigenvalue weighted by molar-refractivity contribution is -0.134. The van der Waals surface area contributed by atoms with Gasteiger partial charge in [0.1, 0.15) is 0 Å². The topological polar surface area (TPSA) is 46.3 Å². The summed E-state index contributed by atoms with van der Waals surface area (Å²) in [7, 11) is 1.85. The van der Waals surface area contributed by atoms with Gasteiger partial charge in [-0.05, 0) is 37.1 Å². The highest BCUT2D eigenvalue weighted by atomic mass is 79.9. The Morgan fingerprint density at radius 3 is 2.56 bits per heavy atom. The molecule has 4 heteroatoms. The average molecular weight is 313 g/mol. The Labute approximate surface area is 117 Å². The van der Waals surface area contributed by atoms with Crippen LogP contribution in [0.2, 0.25) is 0 Å². The van der Waals surface area contributed by atoms with Crippen molar-refractivity contribution in [1.29, 1.82) is 0 Å². The van der Waals surface area contributed by atoms with Gasteiger partial charge in [-0.3, -0.25) is 4.79 Å². The van der Waals surface area contributed by atoms with E-state index in [9.17, 15) is 4.79 Å². The van der Waals surface area contributed by atoms with Crippen molar-refractivity contribution in [2.75, 3.05) is 13.6 Å². The molecule has 100 valence electrons. The van der Waals surface area contributed by atoms with Crippen molar-refractivity contribution in [1.82, 2.24) is 4.90 Å². The Bertz CT molecular complexity index is 378. The van der Waals surface area contributed by atoms with E-state index in [1.807, 2.05) is 38.2 Å². The molecule has 0 saturated heterocycles. The number of carbonyl (C=O) groups excluding carboxylic acids is 1. The number of hydrogen-bond donors (Lipinski definition) is 1. The summed E-state index contributed by atoms with van der Waals surface area (Å²) in [6.07, 6.45) is 1.76. The van der Waals surface area contributed by atoms with Crippen LogP contribution in [0.25, 0.3) is 0 Å². The smallest absolute Gasteiger partial charge is 0.225 e. The molecular weight excluding hydrogens is 292 g/mol. The second-order valence-corrected chi connectivity index (χ2v) is 5.57. The zero-order valence-electron chi connectivity index (χ0n) is 11.0. The fraction of sp³-hybridized carbons (Fsp3) is 0.500. The van der Waals surface area contributed by atoms with Gasteiger partial charge < -0.3 is 10.6 Å². The molecule has 1 aromatic rings. The van der Waals surface area contributed by atoms with Crippen LogP contribution < -0.4 is 5.73 Å². The van der Waals surface area contributed by atoms with E-state index in [2.05, 4.69) is 15.9 Å². The van der Waals surface area contributed by atoms with Gasteiger partial charge in [-0.1, -0.05) is 35.0 Å². The van der Waals surface area contributed by atoms with Crippen LogP contribution in [0.5, 0.6) is 0 Å². The van der Waals surface area contributed by atoms with E-state index in [4.69, 9.17) is 5.73 Å². The third-order valence-electron chi connectivity index (χ3n) is 2.97. The lowest BCUT2D eigenvalue weighted by Gasteiger charge is -2.21. The van der Waals surface area contributed by atoms with Gasteiger partial charge in [-0.15, -0.1) is 0 Å². The van der Waals surface area contributed by atoms with Gasteiger partial charge in [-0.2, -0.15) is 0 Å². The molecule has 1 atom stereocenters. The summed E-state index contributed by atoms with van der Waals surface area (Å²) in [5.41, 5.74) is 6.60. The van der Waals surface area contributed by atoms with E-state index < -0.39 is 0 Å². The van der Waals surface area contributed by atoms with Crippen LogP contribution in [0.4, 0.5) is 0 Å². The maximum Gasteiger partial charge on any atom is 0.225 e. The molecular formula is C14H21BrN2O. The normalized spacial score (nSPS) is 12.2. The maximum atomic E-state index is 12.1. The molecule has 1 amide bonds. The molecule has 0 saturated carbocycles. The Balaban J connectivity index is 2.51. The van der Waals surface area contributed by atoms with Gasteiger partial charge in [0.2, 0.25) is 5.91 Å². The Morgan fingerprint density at radius 2 is 2.00 bits per heavy atom. The van der Waals surface area contributed by atoms with Crippen LogP contribution in [0.1, 0.15) is 25.3 Å². The van der Waals surface area contributed by atoms with E-state index in [1.165, 1.54) is 0 Å². The van der Waals surface area contributed by atoms with E-state index >= 15 is 0 Å². The van der Waals surface area contributed by atoms with Crippen molar-refractivity contribution in [3.05, 3.63) is 34.3 Å². The molecule has 0 aliphatic carbocycles. The highest BCUT2D eigenvalue weighted by molar-refractivity contribution is 9.10. The molecule has 0 spiro atoms. The molecule has 3 nitrogen and oxygen atoms in total. The number of benzene rings is 1. The molecule has 0 bridgehead atoms. The summed E-state index contributed by atoms with van der Waals surface area (Å²) in [6, 6.07) is 8.04. The second-order valence-electron chi connectivity index (χ2n) is 4.65. The molecule has 0 heterocycles. The molecule has 18 heavy (non-hydrogen) atoms. The predicted molar refractivity (Wildman–Crippen MR) is 78.1 cm³/mol. The quantitative estimate of drug-likeness (QED) is 0.878. The lowest BCUT2D eigenvalue weighted by atomic mass is 10.0. The molecule has 2 N–H and O–H groups in total. The predicted octanol–water partition coefficient (Wildman–Crippen LogP) is 2.78. The fourth-order valence-corrected chi connectivity index (χ4v) is 2.13. The third kappa shape index (κ3) is 4.78. The van der Waals surface area contributed by atoms with Crippen LogP contribution in [0.3, 0.4) is 0 Å². The summed E-state index contributed by atoms with van der Waals surface area (Å²) in [5, 5.41) is 0. The molecule has 1 rings (SSSR count). The Hall–Kier alpha value is -0.870. The largest absolute Gasteiger partial charge is 0.341 e. The second kappa shape index (κ2) is 7.54. The number of amides is 1. The van der Waals surface area contributed by atoms with Gasteiger partial charge in [0, 0.05) is 24.0 Å². The molecule has 0 aliphatic heterocycles. The number of rotatable bonds is 6. The van der Waals surface area contributed by atoms with Crippen molar-refractivity contribution < 1.29 is 4.79 Å². The van der Waals surface area contributed by atoms with Gasteiger partial charge in [0.05, 0.1) is 0 Å². The minimum Gasteiger partial charge on any atom is -0.341 e. The summed E-state index contributed by atoms with van der Waals surface area (Å²) in [5.74, 6) is 0.236. The fourth-order valence-electron chi connectivity index (χ4n) is 1.87. The first-order valence-corrected chi connectivity index (χ1v) is 7.03. The summed E-state index contributed by atoms with van der Waals surface area (Å²) in [6.45, 7) is 3.27. The van der Waals surface area contributed by atoms with Crippen molar-refractivity contribution in [2.24, 2.45) is 11.7 Å². The highest BCUT2D eigenvalue weighted by Crippen LogP contribution is 2.14. The van der Waals surface area contributed by atoms with Gasteiger partial charge in [0.15, 0.2) is 0 Å². The average Bonchev–Trinajstić information content (AvgIpc) is 2.37. The summed E-state index contributed by atoms with van der Waals surface area (Å²) >= 11 is 3.40. The molecule has 0 aliphatic rings. The lowest BCUT2D eigenvalue weighted by Crippen LogP contribution is -2.31. The molecule has 1 unspecified atom stereocenters. The number of hydrogen-bond acceptors (Lipinski definition) is 2. The van der Waals surface area contributed by atoms with E-state index in [-0.39, 0.29) is 11.8 Å². The molecule has 1 aromatic carbocycles. The van der Waals surface area contributed by atoms with E-state index in [0.717, 1.165) is 22.9 Å².